The molecule has 0 aliphatic rings. The molecular formula is C22H30ClN7O. The van der Waals surface area contributed by atoms with E-state index in [2.05, 4.69) is 53.0 Å². The predicted molar refractivity (Wildman–Crippen MR) is 125 cm³/mol. The number of hydrogen-bond donors (Lipinski definition) is 3. The molecule has 1 aromatic carbocycles. The maximum Gasteiger partial charge on any atom is 0.223 e. The van der Waals surface area contributed by atoms with Gasteiger partial charge in [0.25, 0.3) is 0 Å². The molecule has 0 radical (unpaired) electrons. The van der Waals surface area contributed by atoms with E-state index in [1.54, 1.807) is 23.0 Å². The first kappa shape index (κ1) is 23.0. The van der Waals surface area contributed by atoms with Crippen molar-refractivity contribution in [1.82, 2.24) is 24.6 Å². The van der Waals surface area contributed by atoms with Crippen LogP contribution in [0.3, 0.4) is 0 Å². The van der Waals surface area contributed by atoms with Crippen LogP contribution in [0.15, 0.2) is 36.7 Å². The number of nitrogens with two attached hydrogens (primary N) is 1. The molecule has 31 heavy (non-hydrogen) atoms. The summed E-state index contributed by atoms with van der Waals surface area (Å²) in [7, 11) is 0. The van der Waals surface area contributed by atoms with Crippen molar-refractivity contribution in [2.75, 3.05) is 18.4 Å². The molecule has 0 aliphatic carbocycles. The zero-order valence-corrected chi connectivity index (χ0v) is 19.1. The summed E-state index contributed by atoms with van der Waals surface area (Å²) < 4.78 is 1.63. The Hall–Kier alpha value is -2.68. The van der Waals surface area contributed by atoms with E-state index in [1.807, 2.05) is 12.3 Å². The van der Waals surface area contributed by atoms with Crippen LogP contribution >= 0.6 is 11.6 Å². The van der Waals surface area contributed by atoms with Crippen molar-refractivity contribution in [2.45, 2.75) is 46.4 Å². The third-order valence-corrected chi connectivity index (χ3v) is 5.23. The number of nitrogens with one attached hydrogen (secondary N) is 1. The smallest absolute Gasteiger partial charge is 0.223 e. The van der Waals surface area contributed by atoms with Gasteiger partial charge in [-0.2, -0.15) is 5.10 Å². The van der Waals surface area contributed by atoms with Crippen molar-refractivity contribution in [3.63, 3.8) is 0 Å². The fourth-order valence-electron chi connectivity index (χ4n) is 3.63. The molecule has 166 valence electrons. The summed E-state index contributed by atoms with van der Waals surface area (Å²) in [6.07, 6.45) is 3.55. The van der Waals surface area contributed by atoms with Gasteiger partial charge < -0.3 is 16.2 Å². The number of nitrogens with zero attached hydrogens (tertiary/aromatic N) is 5. The molecule has 4 N–H and O–H groups in total. The number of rotatable bonds is 9. The van der Waals surface area contributed by atoms with Crippen LogP contribution < -0.4 is 11.1 Å². The minimum absolute atomic E-state index is 0.0700. The van der Waals surface area contributed by atoms with Crippen molar-refractivity contribution in [3.8, 4) is 28.3 Å². The van der Waals surface area contributed by atoms with Gasteiger partial charge in [0.1, 0.15) is 11.4 Å². The minimum atomic E-state index is 0.0700. The van der Waals surface area contributed by atoms with Crippen LogP contribution in [0.2, 0.25) is 5.02 Å². The molecule has 2 aromatic heterocycles. The van der Waals surface area contributed by atoms with Crippen LogP contribution in [0.4, 0.5) is 5.95 Å². The van der Waals surface area contributed by atoms with Crippen LogP contribution in [-0.4, -0.2) is 54.9 Å². The van der Waals surface area contributed by atoms with Crippen molar-refractivity contribution < 1.29 is 5.11 Å². The topological polar surface area (TPSA) is 105 Å². The van der Waals surface area contributed by atoms with Gasteiger partial charge in [0, 0.05) is 53.7 Å². The molecule has 0 atom stereocenters. The first-order valence-electron chi connectivity index (χ1n) is 10.4. The van der Waals surface area contributed by atoms with Gasteiger partial charge in [0.15, 0.2) is 0 Å². The van der Waals surface area contributed by atoms with E-state index in [0.29, 0.717) is 40.0 Å². The highest BCUT2D eigenvalue weighted by Gasteiger charge is 2.17. The molecule has 0 fully saturated rings. The third-order valence-electron chi connectivity index (χ3n) is 5.02. The number of phenolic OH excluding ortho intramolecular Hbond substituents is 1. The van der Waals surface area contributed by atoms with Gasteiger partial charge in [-0.05, 0) is 52.0 Å². The first-order chi connectivity index (χ1) is 14.8. The van der Waals surface area contributed by atoms with E-state index in [0.717, 1.165) is 18.7 Å². The molecule has 0 saturated heterocycles. The fraction of sp³-hybridized carbons (Fsp3) is 0.409. The molecule has 0 bridgehead atoms. The lowest BCUT2D eigenvalue weighted by atomic mass is 10.1. The highest BCUT2D eigenvalue weighted by atomic mass is 35.5. The molecule has 0 aliphatic heterocycles. The molecule has 8 nitrogen and oxygen atoms in total. The molecule has 2 heterocycles. The number of anilines is 1. The van der Waals surface area contributed by atoms with Crippen LogP contribution in [0.5, 0.6) is 5.75 Å². The molecule has 0 unspecified atom stereocenters. The van der Waals surface area contributed by atoms with E-state index < -0.39 is 0 Å². The lowest BCUT2D eigenvalue weighted by Gasteiger charge is -2.30. The Morgan fingerprint density at radius 1 is 1.19 bits per heavy atom. The largest absolute Gasteiger partial charge is 0.508 e. The van der Waals surface area contributed by atoms with E-state index in [4.69, 9.17) is 17.3 Å². The number of phenols is 1. The average Bonchev–Trinajstić information content (AvgIpc) is 3.15. The van der Waals surface area contributed by atoms with Crippen molar-refractivity contribution in [2.24, 2.45) is 5.73 Å². The maximum atomic E-state index is 9.96. The molecule has 3 rings (SSSR count). The van der Waals surface area contributed by atoms with Gasteiger partial charge in [0.05, 0.1) is 12.4 Å². The summed E-state index contributed by atoms with van der Waals surface area (Å²) >= 11 is 6.13. The molecule has 0 saturated carbocycles. The average molecular weight is 444 g/mol. The summed E-state index contributed by atoms with van der Waals surface area (Å²) in [5.74, 6) is 0.617. The monoisotopic (exact) mass is 443 g/mol. The Kier molecular flexibility index (Phi) is 7.48. The standard InChI is InChI=1S/C22H30ClN7O/c1-14(2)30(15(3)4)8-7-26-22-25-6-5-20(27-22)19-12-29(13-24)28-21(19)16-9-17(23)11-18(31)10-16/h5-6,9-12,14-15,31H,7-8,13,24H2,1-4H3,(H,25,26,27). The highest BCUT2D eigenvalue weighted by Crippen LogP contribution is 2.33. The Bertz CT molecular complexity index is 991. The quantitative estimate of drug-likeness (QED) is 0.461. The normalized spacial score (nSPS) is 11.6. The van der Waals surface area contributed by atoms with Gasteiger partial charge in [-0.25, -0.2) is 9.97 Å². The number of halogens is 1. The Labute approximate surface area is 188 Å². The minimum Gasteiger partial charge on any atom is -0.508 e. The van der Waals surface area contributed by atoms with Crippen LogP contribution in [0, 0.1) is 0 Å². The summed E-state index contributed by atoms with van der Waals surface area (Å²) in [6.45, 7) is 10.6. The van der Waals surface area contributed by atoms with Crippen molar-refractivity contribution >= 4 is 17.5 Å². The van der Waals surface area contributed by atoms with Crippen LogP contribution in [0.1, 0.15) is 27.7 Å². The Morgan fingerprint density at radius 2 is 1.94 bits per heavy atom. The highest BCUT2D eigenvalue weighted by molar-refractivity contribution is 6.31. The zero-order valence-electron chi connectivity index (χ0n) is 18.4. The van der Waals surface area contributed by atoms with E-state index >= 15 is 0 Å². The summed E-state index contributed by atoms with van der Waals surface area (Å²) in [5.41, 5.74) is 8.60. The second kappa shape index (κ2) is 10.1. The Morgan fingerprint density at radius 3 is 2.58 bits per heavy atom. The number of hydrogen-bond acceptors (Lipinski definition) is 7. The Balaban J connectivity index is 1.86. The molecule has 3 aromatic rings. The fourth-order valence-corrected chi connectivity index (χ4v) is 3.86. The molecule has 0 amide bonds. The van der Waals surface area contributed by atoms with Gasteiger partial charge in [0.2, 0.25) is 5.95 Å². The second-order valence-electron chi connectivity index (χ2n) is 7.93. The van der Waals surface area contributed by atoms with Gasteiger partial charge in [-0.1, -0.05) is 11.6 Å². The SMILES string of the molecule is CC(C)N(CCNc1nccc(-c2cn(CN)nc2-c2cc(O)cc(Cl)c2)n1)C(C)C. The lowest BCUT2D eigenvalue weighted by molar-refractivity contribution is 0.182. The maximum absolute atomic E-state index is 9.96. The van der Waals surface area contributed by atoms with Crippen molar-refractivity contribution in [1.29, 1.82) is 0 Å². The third kappa shape index (κ3) is 5.72. The summed E-state index contributed by atoms with van der Waals surface area (Å²) in [5, 5.41) is 18.2. The number of aromatic nitrogens is 4. The summed E-state index contributed by atoms with van der Waals surface area (Å²) in [6, 6.07) is 7.60. The van der Waals surface area contributed by atoms with E-state index in [9.17, 15) is 5.11 Å². The lowest BCUT2D eigenvalue weighted by Crippen LogP contribution is -2.40. The number of benzene rings is 1. The molecule has 9 heteroatoms. The second-order valence-corrected chi connectivity index (χ2v) is 8.37. The van der Waals surface area contributed by atoms with Crippen LogP contribution in [0.25, 0.3) is 22.5 Å². The van der Waals surface area contributed by atoms with Gasteiger partial charge >= 0.3 is 0 Å². The molecule has 0 spiro atoms. The summed E-state index contributed by atoms with van der Waals surface area (Å²) in [4.78, 5) is 11.4. The predicted octanol–water partition coefficient (Wildman–Crippen LogP) is 3.81. The zero-order chi connectivity index (χ0) is 22.5. The molecular weight excluding hydrogens is 414 g/mol. The van der Waals surface area contributed by atoms with Gasteiger partial charge in [-0.3, -0.25) is 9.58 Å². The van der Waals surface area contributed by atoms with Gasteiger partial charge in [-0.15, -0.1) is 0 Å². The first-order valence-corrected chi connectivity index (χ1v) is 10.8. The number of aromatic hydroxyl groups is 1. The van der Waals surface area contributed by atoms with E-state index in [1.165, 1.54) is 6.07 Å². The van der Waals surface area contributed by atoms with Crippen molar-refractivity contribution in [3.05, 3.63) is 41.7 Å². The van der Waals surface area contributed by atoms with Crippen LogP contribution in [-0.2, 0) is 6.67 Å². The van der Waals surface area contributed by atoms with E-state index in [-0.39, 0.29) is 12.4 Å².